The minimum Gasteiger partial charge on any atom is -0.268 e. The van der Waals surface area contributed by atoms with Gasteiger partial charge in [0.1, 0.15) is 0 Å². The van der Waals surface area contributed by atoms with Gasteiger partial charge < -0.3 is 0 Å². The summed E-state index contributed by atoms with van der Waals surface area (Å²) in [6.07, 6.45) is 3.48. The van der Waals surface area contributed by atoms with E-state index in [-0.39, 0.29) is 0 Å². The third kappa shape index (κ3) is 1.84. The van der Waals surface area contributed by atoms with Crippen LogP contribution in [0, 0.1) is 4.77 Å². The molecule has 0 aliphatic carbocycles. The Morgan fingerprint density at radius 2 is 1.72 bits per heavy atom. The lowest BCUT2D eigenvalue weighted by molar-refractivity contribution is 1.04. The first-order chi connectivity index (χ1) is 8.86. The molecular weight excluding hydrogens is 244 g/mol. The molecule has 4 nitrogen and oxygen atoms in total. The molecule has 0 unspecified atom stereocenters. The molecule has 5 heteroatoms. The molecule has 88 valence electrons. The summed E-state index contributed by atoms with van der Waals surface area (Å²) in [5.74, 6) is 0.786. The summed E-state index contributed by atoms with van der Waals surface area (Å²) in [7, 11) is 0. The number of nitrogens with one attached hydrogen (secondary N) is 1. The van der Waals surface area contributed by atoms with Crippen molar-refractivity contribution in [2.45, 2.75) is 0 Å². The number of benzene rings is 1. The van der Waals surface area contributed by atoms with Crippen molar-refractivity contribution in [3.05, 3.63) is 59.6 Å². The normalized spacial score (nSPS) is 10.4. The van der Waals surface area contributed by atoms with Crippen LogP contribution in [0.4, 0.5) is 0 Å². The number of pyridine rings is 1. The van der Waals surface area contributed by atoms with E-state index in [1.54, 1.807) is 12.4 Å². The van der Waals surface area contributed by atoms with Crippen LogP contribution >= 0.6 is 12.2 Å². The lowest BCUT2D eigenvalue weighted by atomic mass is 10.2. The van der Waals surface area contributed by atoms with Gasteiger partial charge in [0.25, 0.3) is 0 Å². The monoisotopic (exact) mass is 254 g/mol. The van der Waals surface area contributed by atoms with Gasteiger partial charge in [0, 0.05) is 23.6 Å². The molecule has 2 aromatic heterocycles. The average molecular weight is 254 g/mol. The molecular formula is C13H10N4S. The predicted molar refractivity (Wildman–Crippen MR) is 72.0 cm³/mol. The van der Waals surface area contributed by atoms with Crippen molar-refractivity contribution in [1.82, 2.24) is 19.7 Å². The molecule has 0 atom stereocenters. The van der Waals surface area contributed by atoms with Crippen molar-refractivity contribution >= 4 is 12.2 Å². The van der Waals surface area contributed by atoms with E-state index in [0.717, 1.165) is 17.1 Å². The van der Waals surface area contributed by atoms with Crippen LogP contribution in [-0.2, 0) is 0 Å². The maximum absolute atomic E-state index is 5.28. The van der Waals surface area contributed by atoms with Crippen LogP contribution in [0.15, 0.2) is 54.9 Å². The van der Waals surface area contributed by atoms with Gasteiger partial charge in [-0.25, -0.2) is 0 Å². The second-order valence-corrected chi connectivity index (χ2v) is 4.15. The Balaban J connectivity index is 2.23. The van der Waals surface area contributed by atoms with Crippen LogP contribution in [0.2, 0.25) is 0 Å². The second-order valence-electron chi connectivity index (χ2n) is 3.76. The Morgan fingerprint density at radius 1 is 1.00 bits per heavy atom. The minimum absolute atomic E-state index is 0.577. The van der Waals surface area contributed by atoms with Gasteiger partial charge in [0.15, 0.2) is 10.6 Å². The molecule has 0 aliphatic rings. The van der Waals surface area contributed by atoms with Crippen molar-refractivity contribution in [1.29, 1.82) is 0 Å². The molecule has 0 saturated carbocycles. The van der Waals surface area contributed by atoms with E-state index in [2.05, 4.69) is 15.2 Å². The minimum atomic E-state index is 0.577. The van der Waals surface area contributed by atoms with Crippen LogP contribution in [-0.4, -0.2) is 19.7 Å². The Bertz CT molecular complexity index is 701. The average Bonchev–Trinajstić information content (AvgIpc) is 2.83. The molecule has 3 aromatic rings. The number of para-hydroxylation sites is 1. The lowest BCUT2D eigenvalue weighted by Gasteiger charge is -2.06. The van der Waals surface area contributed by atoms with Crippen molar-refractivity contribution in [3.8, 4) is 17.1 Å². The van der Waals surface area contributed by atoms with E-state index in [1.807, 2.05) is 47.0 Å². The maximum atomic E-state index is 5.28. The highest BCUT2D eigenvalue weighted by atomic mass is 32.1. The molecule has 0 amide bonds. The van der Waals surface area contributed by atoms with Gasteiger partial charge in [-0.2, -0.15) is 5.10 Å². The smallest absolute Gasteiger partial charge is 0.200 e. The summed E-state index contributed by atoms with van der Waals surface area (Å²) < 4.78 is 2.48. The SMILES string of the molecule is S=c1[nH]nc(-c2ccncc2)n1-c1ccccc1. The Labute approximate surface area is 109 Å². The zero-order valence-electron chi connectivity index (χ0n) is 9.45. The third-order valence-electron chi connectivity index (χ3n) is 2.63. The first kappa shape index (κ1) is 10.9. The summed E-state index contributed by atoms with van der Waals surface area (Å²) in [4.78, 5) is 4.01. The van der Waals surface area contributed by atoms with Crippen molar-refractivity contribution in [2.75, 3.05) is 0 Å². The van der Waals surface area contributed by atoms with E-state index in [1.165, 1.54) is 0 Å². The standard InChI is InChI=1S/C13H10N4S/c18-13-16-15-12(10-6-8-14-9-7-10)17(13)11-4-2-1-3-5-11/h1-9H,(H,16,18). The summed E-state index contributed by atoms with van der Waals surface area (Å²) in [5, 5.41) is 7.11. The molecule has 0 radical (unpaired) electrons. The van der Waals surface area contributed by atoms with E-state index >= 15 is 0 Å². The third-order valence-corrected chi connectivity index (χ3v) is 2.90. The summed E-state index contributed by atoms with van der Waals surface area (Å²) in [6, 6.07) is 13.7. The molecule has 1 N–H and O–H groups in total. The summed E-state index contributed by atoms with van der Waals surface area (Å²) in [6.45, 7) is 0. The molecule has 1 aromatic carbocycles. The van der Waals surface area contributed by atoms with Gasteiger partial charge in [-0.1, -0.05) is 18.2 Å². The van der Waals surface area contributed by atoms with Crippen LogP contribution in [0.5, 0.6) is 0 Å². The zero-order chi connectivity index (χ0) is 12.4. The van der Waals surface area contributed by atoms with E-state index in [0.29, 0.717) is 4.77 Å². The molecule has 0 fully saturated rings. The fourth-order valence-electron chi connectivity index (χ4n) is 1.81. The fraction of sp³-hybridized carbons (Fsp3) is 0. The van der Waals surface area contributed by atoms with Crippen LogP contribution in [0.25, 0.3) is 17.1 Å². The second kappa shape index (κ2) is 4.54. The van der Waals surface area contributed by atoms with E-state index < -0.39 is 0 Å². The van der Waals surface area contributed by atoms with Crippen LogP contribution in [0.3, 0.4) is 0 Å². The number of aromatic amines is 1. The number of hydrogen-bond donors (Lipinski definition) is 1. The quantitative estimate of drug-likeness (QED) is 0.715. The first-order valence-corrected chi connectivity index (χ1v) is 5.90. The van der Waals surface area contributed by atoms with Crippen LogP contribution in [0.1, 0.15) is 0 Å². The van der Waals surface area contributed by atoms with Gasteiger partial charge >= 0.3 is 0 Å². The van der Waals surface area contributed by atoms with E-state index in [4.69, 9.17) is 12.2 Å². The largest absolute Gasteiger partial charge is 0.268 e. The van der Waals surface area contributed by atoms with Crippen molar-refractivity contribution in [2.24, 2.45) is 0 Å². The topological polar surface area (TPSA) is 46.5 Å². The fourth-order valence-corrected chi connectivity index (χ4v) is 2.05. The van der Waals surface area contributed by atoms with Crippen molar-refractivity contribution in [3.63, 3.8) is 0 Å². The zero-order valence-corrected chi connectivity index (χ0v) is 10.3. The molecule has 0 aliphatic heterocycles. The molecule has 0 bridgehead atoms. The maximum Gasteiger partial charge on any atom is 0.200 e. The van der Waals surface area contributed by atoms with Crippen LogP contribution < -0.4 is 0 Å². The highest BCUT2D eigenvalue weighted by Crippen LogP contribution is 2.20. The Morgan fingerprint density at radius 3 is 2.44 bits per heavy atom. The number of H-pyrrole nitrogens is 1. The van der Waals surface area contributed by atoms with Gasteiger partial charge in [0.05, 0.1) is 0 Å². The Hall–Kier alpha value is -2.27. The molecule has 18 heavy (non-hydrogen) atoms. The number of nitrogens with zero attached hydrogens (tertiary/aromatic N) is 3. The number of rotatable bonds is 2. The van der Waals surface area contributed by atoms with Gasteiger partial charge in [-0.3, -0.25) is 14.6 Å². The summed E-state index contributed by atoms with van der Waals surface area (Å²) >= 11 is 5.28. The highest BCUT2D eigenvalue weighted by Gasteiger charge is 2.09. The summed E-state index contributed by atoms with van der Waals surface area (Å²) in [5.41, 5.74) is 1.96. The number of hydrogen-bond acceptors (Lipinski definition) is 3. The highest BCUT2D eigenvalue weighted by molar-refractivity contribution is 7.71. The number of aromatic nitrogens is 4. The molecule has 0 saturated heterocycles. The van der Waals surface area contributed by atoms with Gasteiger partial charge in [0.2, 0.25) is 0 Å². The lowest BCUT2D eigenvalue weighted by Crippen LogP contribution is -1.97. The van der Waals surface area contributed by atoms with Gasteiger partial charge in [-0.05, 0) is 36.5 Å². The van der Waals surface area contributed by atoms with Crippen molar-refractivity contribution < 1.29 is 0 Å². The molecule has 3 rings (SSSR count). The predicted octanol–water partition coefficient (Wildman–Crippen LogP) is 2.99. The molecule has 0 spiro atoms. The van der Waals surface area contributed by atoms with Gasteiger partial charge in [-0.15, -0.1) is 0 Å². The van der Waals surface area contributed by atoms with E-state index in [9.17, 15) is 0 Å². The Kier molecular flexibility index (Phi) is 2.74. The molecule has 2 heterocycles. The first-order valence-electron chi connectivity index (χ1n) is 5.49.